The fourth-order valence-corrected chi connectivity index (χ4v) is 0.571. The Hall–Kier alpha value is 3.68. The average Bonchev–Trinajstić information content (AvgIpc) is 1.85. The molecule has 0 saturated carbocycles. The van der Waals surface area contributed by atoms with Crippen LogP contribution in [0.3, 0.4) is 0 Å². The van der Waals surface area contributed by atoms with Crippen LogP contribution in [0.2, 0.25) is 0 Å². The molecule has 0 aromatic heterocycles. The van der Waals surface area contributed by atoms with E-state index >= 15 is 0 Å². The first kappa shape index (κ1) is 18.1. The van der Waals surface area contributed by atoms with Crippen molar-refractivity contribution in [2.45, 2.75) is 32.6 Å². The zero-order chi connectivity index (χ0) is 10.0. The molecule has 0 radical (unpaired) electrons. The van der Waals surface area contributed by atoms with Gasteiger partial charge in [-0.05, 0) is 13.0 Å². The molecular formula is C6H15I4NSn. The molecular weight excluding hydrogens is 712 g/mol. The number of hydrogen-bond donors (Lipinski definition) is 1. The predicted molar refractivity (Wildman–Crippen MR) is 95.0 cm³/mol. The van der Waals surface area contributed by atoms with Gasteiger partial charge < -0.3 is 5.73 Å². The van der Waals surface area contributed by atoms with Crippen LogP contribution in [0.5, 0.6) is 0 Å². The molecule has 0 rings (SSSR count). The summed E-state index contributed by atoms with van der Waals surface area (Å²) in [5, 5.41) is 0. The third-order valence-corrected chi connectivity index (χ3v) is 1.06. The van der Waals surface area contributed by atoms with E-state index in [4.69, 9.17) is 5.73 Å². The summed E-state index contributed by atoms with van der Waals surface area (Å²) in [7, 11) is 0. The van der Waals surface area contributed by atoms with Crippen LogP contribution in [-0.2, 0) is 0 Å². The summed E-state index contributed by atoms with van der Waals surface area (Å²) in [6.45, 7) is 3.07. The van der Waals surface area contributed by atoms with Crippen molar-refractivity contribution in [3.8, 4) is 0 Å². The Morgan fingerprint density at radius 2 is 1.42 bits per heavy atom. The van der Waals surface area contributed by atoms with Crippen LogP contribution in [-0.4, -0.2) is 9.05 Å². The number of unbranched alkanes of at least 4 members (excludes halogenated alkanes) is 3. The Morgan fingerprint density at radius 3 is 1.67 bits per heavy atom. The van der Waals surface area contributed by atoms with Crippen LogP contribution in [0.25, 0.3) is 0 Å². The van der Waals surface area contributed by atoms with Gasteiger partial charge >= 0.3 is 77.0 Å². The Kier molecular flexibility index (Phi) is 19.2. The van der Waals surface area contributed by atoms with E-state index in [1.54, 1.807) is 0 Å². The molecule has 0 aliphatic rings. The van der Waals surface area contributed by atoms with Gasteiger partial charge in [-0.25, -0.2) is 0 Å². The van der Waals surface area contributed by atoms with Crippen molar-refractivity contribution in [2.24, 2.45) is 5.73 Å². The molecule has 12 heavy (non-hydrogen) atoms. The van der Waals surface area contributed by atoms with Crippen LogP contribution in [0.4, 0.5) is 0 Å². The molecule has 0 atom stereocenters. The third kappa shape index (κ3) is 37.3. The van der Waals surface area contributed by atoms with Gasteiger partial charge in [0.05, 0.1) is 0 Å². The molecule has 0 aromatic rings. The first-order chi connectivity index (χ1) is 5.41. The first-order valence-electron chi connectivity index (χ1n) is 3.87. The molecule has 0 aliphatic carbocycles. The van der Waals surface area contributed by atoms with Crippen LogP contribution in [0.1, 0.15) is 32.6 Å². The van der Waals surface area contributed by atoms with E-state index in [-0.39, 0.29) is 0 Å². The van der Waals surface area contributed by atoms with Gasteiger partial charge in [-0.15, -0.1) is 0 Å². The number of rotatable bonds is 4. The van der Waals surface area contributed by atoms with Gasteiger partial charge in [0.1, 0.15) is 0 Å². The van der Waals surface area contributed by atoms with Crippen LogP contribution < -0.4 is 5.73 Å². The van der Waals surface area contributed by atoms with E-state index in [1.165, 1.54) is 25.7 Å². The quantitative estimate of drug-likeness (QED) is 0.254. The summed E-state index contributed by atoms with van der Waals surface area (Å²) >= 11 is 10.2. The summed E-state index contributed by atoms with van der Waals surface area (Å²) < 4.78 is -1.30. The minimum atomic E-state index is -1.30. The van der Waals surface area contributed by atoms with Gasteiger partial charge in [0.2, 0.25) is 0 Å². The van der Waals surface area contributed by atoms with Crippen molar-refractivity contribution in [1.82, 2.24) is 0 Å². The van der Waals surface area contributed by atoms with Crippen molar-refractivity contribution < 1.29 is 0 Å². The molecule has 0 fully saturated rings. The van der Waals surface area contributed by atoms with Gasteiger partial charge in [0, 0.05) is 0 Å². The topological polar surface area (TPSA) is 26.0 Å². The molecule has 6 heteroatoms. The van der Waals surface area contributed by atoms with Crippen LogP contribution in [0.15, 0.2) is 0 Å². The van der Waals surface area contributed by atoms with E-state index in [0.717, 1.165) is 6.54 Å². The summed E-state index contributed by atoms with van der Waals surface area (Å²) in [4.78, 5) is 0. The maximum absolute atomic E-state index is 5.27. The molecule has 0 bridgehead atoms. The molecule has 0 spiro atoms. The van der Waals surface area contributed by atoms with Crippen molar-refractivity contribution in [3.63, 3.8) is 0 Å². The summed E-state index contributed by atoms with van der Waals surface area (Å²) in [5.41, 5.74) is 5.27. The van der Waals surface area contributed by atoms with E-state index in [0.29, 0.717) is 0 Å². The fraction of sp³-hybridized carbons (Fsp3) is 1.00. The van der Waals surface area contributed by atoms with Crippen molar-refractivity contribution in [1.29, 1.82) is 0 Å². The fourth-order valence-electron chi connectivity index (χ4n) is 0.571. The Bertz CT molecular complexity index is 76.1. The van der Waals surface area contributed by atoms with E-state index in [1.807, 2.05) is 0 Å². The third-order valence-electron chi connectivity index (χ3n) is 1.06. The first-order valence-corrected chi connectivity index (χ1v) is 37.1. The summed E-state index contributed by atoms with van der Waals surface area (Å²) in [5.74, 6) is 0. The van der Waals surface area contributed by atoms with Gasteiger partial charge in [0.25, 0.3) is 0 Å². The van der Waals surface area contributed by atoms with Crippen molar-refractivity contribution >= 4 is 77.0 Å². The molecule has 0 aliphatic heterocycles. The minimum absolute atomic E-state index is 0.861. The summed E-state index contributed by atoms with van der Waals surface area (Å²) in [6, 6.07) is 0. The summed E-state index contributed by atoms with van der Waals surface area (Å²) in [6.07, 6.45) is 5.16. The van der Waals surface area contributed by atoms with Crippen molar-refractivity contribution in [2.75, 3.05) is 6.54 Å². The van der Waals surface area contributed by atoms with Gasteiger partial charge in [-0.1, -0.05) is 26.2 Å². The van der Waals surface area contributed by atoms with Crippen LogP contribution in [0, 0.1) is 0 Å². The van der Waals surface area contributed by atoms with E-state index in [9.17, 15) is 0 Å². The zero-order valence-corrected chi connectivity index (χ0v) is 18.6. The van der Waals surface area contributed by atoms with Gasteiger partial charge in [-0.3, -0.25) is 0 Å². The number of nitrogens with two attached hydrogens (primary N) is 1. The molecule has 0 saturated heterocycles. The molecule has 1 nitrogen and oxygen atoms in total. The monoisotopic (exact) mass is 729 g/mol. The zero-order valence-electron chi connectivity index (χ0n) is 7.12. The van der Waals surface area contributed by atoms with E-state index < -0.39 is 2.50 Å². The maximum atomic E-state index is 5.27. The average molecular weight is 728 g/mol. The SMILES string of the molecule is CCCCCCN.[I][Sn]([I])([I])[I]. The van der Waals surface area contributed by atoms with Gasteiger partial charge in [0.15, 0.2) is 0 Å². The van der Waals surface area contributed by atoms with Crippen molar-refractivity contribution in [3.05, 3.63) is 0 Å². The second-order valence-electron chi connectivity index (χ2n) is 2.28. The second-order valence-corrected chi connectivity index (χ2v) is 131. The molecule has 2 N–H and O–H groups in total. The predicted octanol–water partition coefficient (Wildman–Crippen LogP) is 4.69. The number of halogens is 4. The standard InChI is InChI=1S/C6H15N.4HI.Sn/c1-2-3-4-5-6-7;;;;;/h2-7H2,1H3;4*1H;/q;;;;;+4/p-4. The molecule has 76 valence electrons. The number of hydrogen-bond acceptors (Lipinski definition) is 1. The van der Waals surface area contributed by atoms with Crippen LogP contribution >= 0.6 is 74.5 Å². The van der Waals surface area contributed by atoms with Gasteiger partial charge in [-0.2, -0.15) is 0 Å². The molecule has 0 unspecified atom stereocenters. The second kappa shape index (κ2) is 12.7. The molecule has 0 heterocycles. The van der Waals surface area contributed by atoms with E-state index in [2.05, 4.69) is 81.5 Å². The molecule has 0 amide bonds. The Morgan fingerprint density at radius 1 is 1.00 bits per heavy atom. The molecule has 0 aromatic carbocycles. The Balaban J connectivity index is 0. The normalized spacial score (nSPS) is 10.5. The Labute approximate surface area is 119 Å².